The van der Waals surface area contributed by atoms with Crippen molar-refractivity contribution >= 4 is 39.0 Å². The van der Waals surface area contributed by atoms with E-state index in [1.165, 1.54) is 33.9 Å². The molecule has 8 nitrogen and oxygen atoms in total. The van der Waals surface area contributed by atoms with Crippen molar-refractivity contribution in [1.29, 1.82) is 0 Å². The number of pyridine rings is 1. The van der Waals surface area contributed by atoms with E-state index in [0.29, 0.717) is 23.9 Å². The molecule has 1 N–H and O–H groups in total. The lowest BCUT2D eigenvalue weighted by Crippen LogP contribution is -2.30. The van der Waals surface area contributed by atoms with Crippen LogP contribution in [0.3, 0.4) is 0 Å². The molecule has 33 heavy (non-hydrogen) atoms. The van der Waals surface area contributed by atoms with E-state index in [4.69, 9.17) is 0 Å². The van der Waals surface area contributed by atoms with Gasteiger partial charge >= 0.3 is 0 Å². The van der Waals surface area contributed by atoms with Gasteiger partial charge in [0.05, 0.1) is 10.1 Å². The van der Waals surface area contributed by atoms with Crippen molar-refractivity contribution in [2.24, 2.45) is 0 Å². The number of thioether (sulfide) groups is 1. The zero-order valence-electron chi connectivity index (χ0n) is 19.9. The van der Waals surface area contributed by atoms with Gasteiger partial charge in [0.1, 0.15) is 0 Å². The highest BCUT2D eigenvalue weighted by Crippen LogP contribution is 2.26. The summed E-state index contributed by atoms with van der Waals surface area (Å²) >= 11 is 1.22. The number of anilines is 1. The molecule has 0 aliphatic heterocycles. The summed E-state index contributed by atoms with van der Waals surface area (Å²) in [6.45, 7) is 12.6. The third kappa shape index (κ3) is 5.56. The van der Waals surface area contributed by atoms with E-state index in [0.717, 1.165) is 5.69 Å². The van der Waals surface area contributed by atoms with Crippen molar-refractivity contribution in [1.82, 2.24) is 18.9 Å². The Morgan fingerprint density at radius 1 is 1.09 bits per heavy atom. The summed E-state index contributed by atoms with van der Waals surface area (Å²) in [5.74, 6) is -0.174. The lowest BCUT2D eigenvalue weighted by Gasteiger charge is -2.19. The smallest absolute Gasteiger partial charge is 0.244 e. The van der Waals surface area contributed by atoms with Gasteiger partial charge in [-0.2, -0.15) is 4.31 Å². The Labute approximate surface area is 199 Å². The predicted octanol–water partition coefficient (Wildman–Crippen LogP) is 4.18. The van der Waals surface area contributed by atoms with Gasteiger partial charge in [0.2, 0.25) is 15.9 Å². The number of benzene rings is 1. The molecule has 10 heteroatoms. The fourth-order valence-corrected chi connectivity index (χ4v) is 5.59. The van der Waals surface area contributed by atoms with E-state index in [9.17, 15) is 13.2 Å². The molecule has 0 saturated carbocycles. The highest BCUT2D eigenvalue weighted by Gasteiger charge is 2.24. The first-order valence-electron chi connectivity index (χ1n) is 10.9. The molecule has 3 aromatic rings. The van der Waals surface area contributed by atoms with Crippen LogP contribution >= 0.6 is 11.8 Å². The second-order valence-corrected chi connectivity index (χ2v) is 12.0. The molecule has 1 aromatic carbocycles. The van der Waals surface area contributed by atoms with E-state index >= 15 is 0 Å². The number of aromatic nitrogens is 3. The Hall–Kier alpha value is -2.43. The average molecular weight is 490 g/mol. The molecule has 3 rings (SSSR count). The molecule has 0 spiro atoms. The number of carbonyl (C=O) groups is 1. The lowest BCUT2D eigenvalue weighted by molar-refractivity contribution is -0.115. The quantitative estimate of drug-likeness (QED) is 0.477. The number of carbonyl (C=O) groups excluding carboxylic acids is 1. The van der Waals surface area contributed by atoms with E-state index in [1.807, 2.05) is 24.3 Å². The molecule has 0 radical (unpaired) electrons. The van der Waals surface area contributed by atoms with Gasteiger partial charge in [0.15, 0.2) is 10.8 Å². The van der Waals surface area contributed by atoms with Crippen molar-refractivity contribution in [3.63, 3.8) is 0 Å². The van der Waals surface area contributed by atoms with Crippen LogP contribution in [-0.4, -0.2) is 51.6 Å². The molecule has 0 bridgehead atoms. The van der Waals surface area contributed by atoms with Crippen LogP contribution in [0.15, 0.2) is 52.6 Å². The van der Waals surface area contributed by atoms with Crippen molar-refractivity contribution < 1.29 is 13.2 Å². The Bertz CT molecular complexity index is 1230. The van der Waals surface area contributed by atoms with Gasteiger partial charge < -0.3 is 5.32 Å². The Kier molecular flexibility index (Phi) is 7.50. The minimum atomic E-state index is -3.62. The fourth-order valence-electron chi connectivity index (χ4n) is 3.30. The van der Waals surface area contributed by atoms with Crippen LogP contribution in [0.2, 0.25) is 0 Å². The Balaban J connectivity index is 1.78. The van der Waals surface area contributed by atoms with Crippen LogP contribution in [0.1, 0.15) is 47.1 Å². The fraction of sp³-hybridized carbons (Fsp3) is 0.435. The van der Waals surface area contributed by atoms with Crippen molar-refractivity contribution in [2.45, 2.75) is 62.3 Å². The average Bonchev–Trinajstić information content (AvgIpc) is 3.16. The zero-order chi connectivity index (χ0) is 24.4. The summed E-state index contributed by atoms with van der Waals surface area (Å²) in [5.41, 5.74) is 2.46. The second-order valence-electron chi connectivity index (χ2n) is 8.74. The first-order chi connectivity index (χ1) is 15.5. The molecule has 2 heterocycles. The van der Waals surface area contributed by atoms with E-state index in [2.05, 4.69) is 36.3 Å². The van der Waals surface area contributed by atoms with Gasteiger partial charge in [0.25, 0.3) is 0 Å². The SMILES string of the molecule is CCN(CC)S(=O)(=O)c1ccc2nnc(SC(C)C(=O)Nc3ccc(C(C)(C)C)cc3)n2c1. The normalized spacial score (nSPS) is 13.4. The van der Waals surface area contributed by atoms with Crippen LogP contribution in [0, 0.1) is 0 Å². The van der Waals surface area contributed by atoms with E-state index in [-0.39, 0.29) is 16.2 Å². The highest BCUT2D eigenvalue weighted by molar-refractivity contribution is 8.00. The topological polar surface area (TPSA) is 96.7 Å². The minimum Gasteiger partial charge on any atom is -0.325 e. The number of fused-ring (bicyclic) bond motifs is 1. The Morgan fingerprint density at radius 3 is 2.30 bits per heavy atom. The monoisotopic (exact) mass is 489 g/mol. The number of nitrogens with zero attached hydrogens (tertiary/aromatic N) is 4. The molecule has 0 aliphatic rings. The summed E-state index contributed by atoms with van der Waals surface area (Å²) in [7, 11) is -3.62. The number of sulfonamides is 1. The molecular weight excluding hydrogens is 458 g/mol. The van der Waals surface area contributed by atoms with Gasteiger partial charge in [-0.3, -0.25) is 9.20 Å². The maximum atomic E-state index is 12.9. The van der Waals surface area contributed by atoms with Gasteiger partial charge in [-0.1, -0.05) is 58.5 Å². The standard InChI is InChI=1S/C23H31N5O3S2/c1-7-27(8-2)33(30,31)19-13-14-20-25-26-22(28(20)15-19)32-16(3)21(29)24-18-11-9-17(10-12-18)23(4,5)6/h9-16H,7-8H2,1-6H3,(H,24,29). The van der Waals surface area contributed by atoms with Gasteiger partial charge in [-0.05, 0) is 42.2 Å². The van der Waals surface area contributed by atoms with Crippen molar-refractivity contribution in [3.05, 3.63) is 48.2 Å². The summed E-state index contributed by atoms with van der Waals surface area (Å²) in [5, 5.41) is 11.2. The molecule has 1 amide bonds. The minimum absolute atomic E-state index is 0.0397. The van der Waals surface area contributed by atoms with Crippen LogP contribution < -0.4 is 5.32 Å². The lowest BCUT2D eigenvalue weighted by atomic mass is 9.87. The molecule has 0 fully saturated rings. The van der Waals surface area contributed by atoms with Crippen LogP contribution in [0.5, 0.6) is 0 Å². The maximum Gasteiger partial charge on any atom is 0.244 e. The van der Waals surface area contributed by atoms with Gasteiger partial charge in [-0.25, -0.2) is 8.42 Å². The molecule has 178 valence electrons. The molecule has 0 saturated heterocycles. The summed E-state index contributed by atoms with van der Waals surface area (Å²) in [4.78, 5) is 12.9. The van der Waals surface area contributed by atoms with Crippen LogP contribution in [0.4, 0.5) is 5.69 Å². The van der Waals surface area contributed by atoms with E-state index < -0.39 is 15.3 Å². The molecule has 2 aromatic heterocycles. The third-order valence-electron chi connectivity index (χ3n) is 5.36. The predicted molar refractivity (Wildman–Crippen MR) is 132 cm³/mol. The number of hydrogen-bond donors (Lipinski definition) is 1. The second kappa shape index (κ2) is 9.82. The molecule has 1 unspecified atom stereocenters. The number of hydrogen-bond acceptors (Lipinski definition) is 6. The van der Waals surface area contributed by atoms with Crippen molar-refractivity contribution in [3.8, 4) is 0 Å². The molecular formula is C23H31N5O3S2. The first kappa shape index (κ1) is 25.2. The number of nitrogens with one attached hydrogen (secondary N) is 1. The third-order valence-corrected chi connectivity index (χ3v) is 8.45. The number of amides is 1. The van der Waals surface area contributed by atoms with E-state index in [1.54, 1.807) is 31.2 Å². The van der Waals surface area contributed by atoms with Gasteiger partial charge in [-0.15, -0.1) is 10.2 Å². The molecule has 1 atom stereocenters. The van der Waals surface area contributed by atoms with Crippen LogP contribution in [-0.2, 0) is 20.2 Å². The van der Waals surface area contributed by atoms with Crippen LogP contribution in [0.25, 0.3) is 5.65 Å². The van der Waals surface area contributed by atoms with Crippen molar-refractivity contribution in [2.75, 3.05) is 18.4 Å². The number of rotatable bonds is 8. The summed E-state index contributed by atoms with van der Waals surface area (Å²) in [6.07, 6.45) is 1.52. The summed E-state index contributed by atoms with van der Waals surface area (Å²) in [6, 6.07) is 11.0. The zero-order valence-corrected chi connectivity index (χ0v) is 21.5. The first-order valence-corrected chi connectivity index (χ1v) is 13.2. The largest absolute Gasteiger partial charge is 0.325 e. The highest BCUT2D eigenvalue weighted by atomic mass is 32.2. The molecule has 0 aliphatic carbocycles. The summed E-state index contributed by atoms with van der Waals surface area (Å²) < 4.78 is 28.8. The maximum absolute atomic E-state index is 12.9. The Morgan fingerprint density at radius 2 is 1.73 bits per heavy atom. The van der Waals surface area contributed by atoms with Gasteiger partial charge in [0, 0.05) is 25.0 Å².